The number of amides is 2. The summed E-state index contributed by atoms with van der Waals surface area (Å²) in [4.78, 5) is 31.9. The maximum Gasteiger partial charge on any atom is 0.416 e. The molecule has 2 amide bonds. The number of halogens is 4. The Morgan fingerprint density at radius 2 is 1.33 bits per heavy atom. The third-order valence-corrected chi connectivity index (χ3v) is 4.51. The van der Waals surface area contributed by atoms with Crippen molar-refractivity contribution in [1.29, 1.82) is 0 Å². The summed E-state index contributed by atoms with van der Waals surface area (Å²) in [5, 5.41) is 0.290. The van der Waals surface area contributed by atoms with E-state index in [9.17, 15) is 22.8 Å². The number of nitrogens with zero attached hydrogens (tertiary/aromatic N) is 3. The van der Waals surface area contributed by atoms with Crippen molar-refractivity contribution in [3.8, 4) is 0 Å². The second-order valence-corrected chi connectivity index (χ2v) is 6.42. The highest BCUT2D eigenvalue weighted by Crippen LogP contribution is 2.29. The Balaban J connectivity index is 1.60. The predicted molar refractivity (Wildman–Crippen MR) is 92.5 cm³/mol. The van der Waals surface area contributed by atoms with Crippen LogP contribution >= 0.6 is 11.6 Å². The van der Waals surface area contributed by atoms with Gasteiger partial charge in [0, 0.05) is 37.9 Å². The van der Waals surface area contributed by atoms with Gasteiger partial charge in [-0.1, -0.05) is 11.6 Å². The molecule has 1 aromatic carbocycles. The Morgan fingerprint density at radius 3 is 1.78 bits per heavy atom. The molecule has 0 atom stereocenters. The number of benzene rings is 1. The van der Waals surface area contributed by atoms with E-state index in [2.05, 4.69) is 4.98 Å². The van der Waals surface area contributed by atoms with Gasteiger partial charge in [-0.2, -0.15) is 13.2 Å². The minimum absolute atomic E-state index is 0.185. The van der Waals surface area contributed by atoms with Crippen LogP contribution in [0.4, 0.5) is 13.2 Å². The first-order chi connectivity index (χ1) is 12.8. The van der Waals surface area contributed by atoms with Crippen molar-refractivity contribution in [2.24, 2.45) is 0 Å². The Bertz CT molecular complexity index is 830. The molecule has 0 spiro atoms. The number of carbonyl (C=O) groups excluding carboxylic acids is 2. The molecule has 1 aliphatic heterocycles. The molecule has 0 unspecified atom stereocenters. The number of rotatable bonds is 2. The van der Waals surface area contributed by atoms with Crippen LogP contribution < -0.4 is 0 Å². The lowest BCUT2D eigenvalue weighted by atomic mass is 10.1. The van der Waals surface area contributed by atoms with Crippen molar-refractivity contribution in [3.05, 3.63) is 64.4 Å². The molecule has 0 saturated carbocycles. The number of pyridine rings is 1. The third-order valence-electron chi connectivity index (χ3n) is 4.29. The normalized spacial score (nSPS) is 15.0. The van der Waals surface area contributed by atoms with E-state index in [-0.39, 0.29) is 17.4 Å². The zero-order chi connectivity index (χ0) is 19.6. The summed E-state index contributed by atoms with van der Waals surface area (Å²) in [7, 11) is 0. The second-order valence-electron chi connectivity index (χ2n) is 6.03. The van der Waals surface area contributed by atoms with Gasteiger partial charge in [0.05, 0.1) is 11.1 Å². The molecule has 1 fully saturated rings. The third kappa shape index (κ3) is 4.39. The molecular formula is C18H15ClF3N3O2. The standard InChI is InChI=1S/C18H15ClF3N3O2/c19-15-6-3-13(11-23-15)17(27)25-9-7-24(8-10-25)16(26)12-1-4-14(5-2-12)18(20,21)22/h1-6,11H,7-10H2. The van der Waals surface area contributed by atoms with Crippen LogP contribution in [0.25, 0.3) is 0 Å². The molecule has 0 aliphatic carbocycles. The molecule has 5 nitrogen and oxygen atoms in total. The molecule has 0 radical (unpaired) electrons. The van der Waals surface area contributed by atoms with Gasteiger partial charge in [0.25, 0.3) is 11.8 Å². The Morgan fingerprint density at radius 1 is 0.852 bits per heavy atom. The Labute approximate surface area is 158 Å². The molecule has 0 bridgehead atoms. The van der Waals surface area contributed by atoms with E-state index in [1.807, 2.05) is 0 Å². The number of hydrogen-bond acceptors (Lipinski definition) is 3. The molecule has 142 valence electrons. The van der Waals surface area contributed by atoms with Crippen molar-refractivity contribution in [2.75, 3.05) is 26.2 Å². The number of piperazine rings is 1. The molecule has 1 saturated heterocycles. The van der Waals surface area contributed by atoms with Gasteiger partial charge in [0.2, 0.25) is 0 Å². The van der Waals surface area contributed by atoms with Crippen molar-refractivity contribution in [2.45, 2.75) is 6.18 Å². The fraction of sp³-hybridized carbons (Fsp3) is 0.278. The van der Waals surface area contributed by atoms with Crippen LogP contribution in [0.5, 0.6) is 0 Å². The second kappa shape index (κ2) is 7.56. The van der Waals surface area contributed by atoms with Crippen LogP contribution in [0.3, 0.4) is 0 Å². The Kier molecular flexibility index (Phi) is 5.36. The van der Waals surface area contributed by atoms with Gasteiger partial charge in [-0.15, -0.1) is 0 Å². The monoisotopic (exact) mass is 397 g/mol. The summed E-state index contributed by atoms with van der Waals surface area (Å²) in [5.41, 5.74) is -0.211. The maximum atomic E-state index is 12.6. The van der Waals surface area contributed by atoms with E-state index >= 15 is 0 Å². The van der Waals surface area contributed by atoms with E-state index in [1.165, 1.54) is 29.3 Å². The van der Waals surface area contributed by atoms with Crippen molar-refractivity contribution in [1.82, 2.24) is 14.8 Å². The molecule has 27 heavy (non-hydrogen) atoms. The molecule has 1 aliphatic rings. The van der Waals surface area contributed by atoms with Crippen LogP contribution in [0.1, 0.15) is 26.3 Å². The van der Waals surface area contributed by atoms with Crippen LogP contribution in [0, 0.1) is 0 Å². The van der Waals surface area contributed by atoms with Gasteiger partial charge < -0.3 is 9.80 Å². The Hall–Kier alpha value is -2.61. The van der Waals surface area contributed by atoms with E-state index in [0.29, 0.717) is 36.9 Å². The van der Waals surface area contributed by atoms with Crippen LogP contribution in [-0.4, -0.2) is 52.8 Å². The van der Waals surface area contributed by atoms with Gasteiger partial charge in [-0.25, -0.2) is 4.98 Å². The summed E-state index contributed by atoms with van der Waals surface area (Å²) in [5.74, 6) is -0.565. The maximum absolute atomic E-state index is 12.6. The summed E-state index contributed by atoms with van der Waals surface area (Å²) >= 11 is 5.71. The highest BCUT2D eigenvalue weighted by Gasteiger charge is 2.31. The average molecular weight is 398 g/mol. The van der Waals surface area contributed by atoms with E-state index in [4.69, 9.17) is 11.6 Å². The molecule has 3 rings (SSSR count). The molecule has 0 N–H and O–H groups in total. The minimum atomic E-state index is -4.44. The quantitative estimate of drug-likeness (QED) is 0.730. The number of hydrogen-bond donors (Lipinski definition) is 0. The summed E-state index contributed by atoms with van der Waals surface area (Å²) in [6.45, 7) is 1.25. The largest absolute Gasteiger partial charge is 0.416 e. The van der Waals surface area contributed by atoms with Crippen LogP contribution in [0.2, 0.25) is 5.15 Å². The molecule has 1 aromatic heterocycles. The topological polar surface area (TPSA) is 53.5 Å². The van der Waals surface area contributed by atoms with Crippen LogP contribution in [-0.2, 0) is 6.18 Å². The first kappa shape index (κ1) is 19.2. The lowest BCUT2D eigenvalue weighted by Gasteiger charge is -2.34. The SMILES string of the molecule is O=C(c1ccc(C(F)(F)F)cc1)N1CCN(C(=O)c2ccc(Cl)nc2)CC1. The molecule has 9 heteroatoms. The van der Waals surface area contributed by atoms with Crippen molar-refractivity contribution < 1.29 is 22.8 Å². The number of aromatic nitrogens is 1. The zero-order valence-electron chi connectivity index (χ0n) is 14.0. The predicted octanol–water partition coefficient (Wildman–Crippen LogP) is 3.35. The van der Waals surface area contributed by atoms with Crippen LogP contribution in [0.15, 0.2) is 42.6 Å². The first-order valence-corrected chi connectivity index (χ1v) is 8.51. The number of carbonyl (C=O) groups is 2. The van der Waals surface area contributed by atoms with Gasteiger partial charge in [0.15, 0.2) is 0 Å². The van der Waals surface area contributed by atoms with Gasteiger partial charge in [-0.3, -0.25) is 9.59 Å². The first-order valence-electron chi connectivity index (χ1n) is 8.13. The number of alkyl halides is 3. The fourth-order valence-corrected chi connectivity index (χ4v) is 2.89. The molecule has 2 aromatic rings. The summed E-state index contributed by atoms with van der Waals surface area (Å²) in [6.07, 6.45) is -3.05. The van der Waals surface area contributed by atoms with Gasteiger partial charge >= 0.3 is 6.18 Å². The lowest BCUT2D eigenvalue weighted by molar-refractivity contribution is -0.137. The highest BCUT2D eigenvalue weighted by molar-refractivity contribution is 6.29. The van der Waals surface area contributed by atoms with E-state index in [0.717, 1.165) is 12.1 Å². The lowest BCUT2D eigenvalue weighted by Crippen LogP contribution is -2.50. The molecule has 2 heterocycles. The summed E-state index contributed by atoms with van der Waals surface area (Å²) < 4.78 is 37.8. The molecular weight excluding hydrogens is 383 g/mol. The van der Waals surface area contributed by atoms with Gasteiger partial charge in [0.1, 0.15) is 5.15 Å². The minimum Gasteiger partial charge on any atom is -0.335 e. The van der Waals surface area contributed by atoms with Crippen molar-refractivity contribution in [3.63, 3.8) is 0 Å². The highest BCUT2D eigenvalue weighted by atomic mass is 35.5. The zero-order valence-corrected chi connectivity index (χ0v) is 14.8. The average Bonchev–Trinajstić information content (AvgIpc) is 2.67. The van der Waals surface area contributed by atoms with E-state index < -0.39 is 11.7 Å². The smallest absolute Gasteiger partial charge is 0.335 e. The van der Waals surface area contributed by atoms with Gasteiger partial charge in [-0.05, 0) is 36.4 Å². The fourth-order valence-electron chi connectivity index (χ4n) is 2.78. The van der Waals surface area contributed by atoms with Crippen molar-refractivity contribution >= 4 is 23.4 Å². The van der Waals surface area contributed by atoms with E-state index in [1.54, 1.807) is 11.0 Å². The summed E-state index contributed by atoms with van der Waals surface area (Å²) in [6, 6.07) is 7.22.